The van der Waals surface area contributed by atoms with E-state index < -0.39 is 0 Å². The first-order valence-corrected chi connectivity index (χ1v) is 26.1. The highest BCUT2D eigenvalue weighted by Crippen LogP contribution is 2.53. The summed E-state index contributed by atoms with van der Waals surface area (Å²) in [6.07, 6.45) is 26.3. The molecular weight excluding hydrogens is 841 g/mol. The summed E-state index contributed by atoms with van der Waals surface area (Å²) in [5.74, 6) is 1.24. The Labute approximate surface area is 403 Å². The van der Waals surface area contributed by atoms with Crippen molar-refractivity contribution in [3.63, 3.8) is 0 Å². The number of furan rings is 2. The van der Waals surface area contributed by atoms with Crippen molar-refractivity contribution in [2.24, 2.45) is 5.92 Å². The van der Waals surface area contributed by atoms with Gasteiger partial charge in [-0.15, -0.1) is 0 Å². The Hall–Kier alpha value is -7.04. The van der Waals surface area contributed by atoms with Crippen molar-refractivity contribution in [1.29, 1.82) is 0 Å². The Bertz CT molecular complexity index is 3800. The van der Waals surface area contributed by atoms with Crippen molar-refractivity contribution < 1.29 is 8.83 Å². The van der Waals surface area contributed by atoms with Crippen LogP contribution in [0.25, 0.3) is 77.0 Å². The number of anilines is 4. The molecule has 0 saturated heterocycles. The van der Waals surface area contributed by atoms with E-state index in [4.69, 9.17) is 8.83 Å². The summed E-state index contributed by atoms with van der Waals surface area (Å²) in [5, 5.41) is 13.0. The number of fused-ring (bicyclic) bond motifs is 6. The molecule has 0 spiro atoms. The predicted octanol–water partition coefficient (Wildman–Crippen LogP) is 17.1. The second-order valence-electron chi connectivity index (χ2n) is 20.7. The minimum Gasteiger partial charge on any atom is -0.454 e. The maximum absolute atomic E-state index is 7.03. The van der Waals surface area contributed by atoms with Crippen molar-refractivity contribution in [3.05, 3.63) is 180 Å². The Morgan fingerprint density at radius 3 is 1.80 bits per heavy atom. The highest BCUT2D eigenvalue weighted by atomic mass is 16.3. The lowest BCUT2D eigenvalue weighted by Crippen LogP contribution is -2.43. The normalized spacial score (nSPS) is 19.1. The number of benzene rings is 8. The molecule has 0 bridgehead atoms. The first-order valence-electron chi connectivity index (χ1n) is 26.1. The molecule has 2 unspecified atom stereocenters. The number of hydrogen-bond acceptors (Lipinski definition) is 4. The summed E-state index contributed by atoms with van der Waals surface area (Å²) in [4.78, 5) is 5.27. The molecule has 2 heterocycles. The van der Waals surface area contributed by atoms with Crippen LogP contribution in [0.15, 0.2) is 167 Å². The van der Waals surface area contributed by atoms with Crippen molar-refractivity contribution in [2.45, 2.75) is 102 Å². The summed E-state index contributed by atoms with van der Waals surface area (Å²) in [6, 6.07) is 50.3. The first kappa shape index (κ1) is 41.0. The molecule has 340 valence electrons. The fourth-order valence-electron chi connectivity index (χ4n) is 13.5. The smallest absolute Gasteiger partial charge is 0.159 e. The first-order chi connectivity index (χ1) is 34.2. The molecule has 0 aliphatic heterocycles. The zero-order valence-electron chi connectivity index (χ0n) is 39.6. The number of rotatable bonds is 8. The molecule has 2 aromatic heterocycles. The lowest BCUT2D eigenvalue weighted by atomic mass is 9.77. The van der Waals surface area contributed by atoms with E-state index >= 15 is 0 Å². The third-order valence-corrected chi connectivity index (χ3v) is 16.7. The molecule has 0 amide bonds. The van der Waals surface area contributed by atoms with Gasteiger partial charge in [-0.05, 0) is 125 Å². The van der Waals surface area contributed by atoms with Gasteiger partial charge in [-0.1, -0.05) is 167 Å². The average Bonchev–Trinajstić information content (AvgIpc) is 3.99. The third-order valence-electron chi connectivity index (χ3n) is 16.7. The topological polar surface area (TPSA) is 32.8 Å². The Morgan fingerprint density at radius 1 is 0.493 bits per heavy atom. The van der Waals surface area contributed by atoms with Crippen LogP contribution in [0.1, 0.15) is 107 Å². The van der Waals surface area contributed by atoms with Crippen LogP contribution in [-0.2, 0) is 0 Å². The van der Waals surface area contributed by atoms with Crippen molar-refractivity contribution in [1.82, 2.24) is 0 Å². The summed E-state index contributed by atoms with van der Waals surface area (Å²) in [7, 11) is 0. The van der Waals surface area contributed by atoms with Gasteiger partial charge in [-0.3, -0.25) is 0 Å². The van der Waals surface area contributed by atoms with E-state index in [0.717, 1.165) is 57.2 Å². The summed E-state index contributed by atoms with van der Waals surface area (Å²) >= 11 is 0. The minimum atomic E-state index is 0.135. The zero-order valence-corrected chi connectivity index (χ0v) is 39.6. The number of para-hydroxylation sites is 4. The van der Waals surface area contributed by atoms with Gasteiger partial charge in [0.15, 0.2) is 11.0 Å². The lowest BCUT2D eigenvalue weighted by molar-refractivity contribution is 0.445. The maximum Gasteiger partial charge on any atom is 0.159 e. The largest absolute Gasteiger partial charge is 0.454 e. The number of nitrogens with zero attached hydrogens (tertiary/aromatic N) is 2. The van der Waals surface area contributed by atoms with Gasteiger partial charge in [-0.25, -0.2) is 0 Å². The van der Waals surface area contributed by atoms with Gasteiger partial charge >= 0.3 is 0 Å². The van der Waals surface area contributed by atoms with E-state index in [1.54, 1.807) is 0 Å². The van der Waals surface area contributed by atoms with Gasteiger partial charge in [0.1, 0.15) is 11.2 Å². The van der Waals surface area contributed by atoms with E-state index in [1.165, 1.54) is 135 Å². The molecule has 4 heteroatoms. The van der Waals surface area contributed by atoms with Crippen molar-refractivity contribution in [2.75, 3.05) is 9.80 Å². The fraction of sp³-hybridized carbons (Fsp3) is 0.262. The standard InChI is InChI=1S/C65H58N2O2/c1-41-33-34-51-47-28-15-17-32-60(47)69-65(51)63(41)67(45-25-12-5-13-26-45)58-40-55(43-21-8-3-9-22-43)49-35-37-52-57(39-54(42-19-6-2-7-20-42)48-36-38-53(58)62(49)61(48)52)66(44-23-10-4-11-24-44)56-30-18-29-50-46-27-14-16-31-59(46)68-64(50)56/h4-5,10-18,23-25,27-32,34-43,45H,2-3,6-9,19-22,26,33H2,1H3. The highest BCUT2D eigenvalue weighted by Gasteiger charge is 2.34. The van der Waals surface area contributed by atoms with Crippen molar-refractivity contribution >= 4 is 99.7 Å². The van der Waals surface area contributed by atoms with Gasteiger partial charge in [0, 0.05) is 49.4 Å². The van der Waals surface area contributed by atoms with Crippen LogP contribution in [0.5, 0.6) is 0 Å². The van der Waals surface area contributed by atoms with Gasteiger partial charge in [0.05, 0.1) is 23.1 Å². The van der Waals surface area contributed by atoms with Crippen LogP contribution in [-0.4, -0.2) is 6.04 Å². The zero-order chi connectivity index (χ0) is 45.6. The minimum absolute atomic E-state index is 0.135. The van der Waals surface area contributed by atoms with Crippen LogP contribution in [0.2, 0.25) is 0 Å². The molecule has 10 aromatic rings. The summed E-state index contributed by atoms with van der Waals surface area (Å²) in [6.45, 7) is 2.42. The Balaban J connectivity index is 1.12. The fourth-order valence-corrected chi connectivity index (χ4v) is 13.5. The molecule has 2 saturated carbocycles. The number of allylic oxidation sites excluding steroid dienone is 2. The van der Waals surface area contributed by atoms with Crippen molar-refractivity contribution in [3.8, 4) is 0 Å². The molecule has 4 aliphatic rings. The molecule has 69 heavy (non-hydrogen) atoms. The van der Waals surface area contributed by atoms with Crippen LogP contribution >= 0.6 is 0 Å². The predicted molar refractivity (Wildman–Crippen MR) is 290 cm³/mol. The Morgan fingerprint density at radius 2 is 1.10 bits per heavy atom. The second kappa shape index (κ2) is 16.6. The SMILES string of the molecule is CC1CC=c2c(oc3ccccc23)=C1N(c1cc(C2CCCCC2)c2ccc3c(N(c4ccccc4)c4cccc5c4oc4ccccc45)cc(C4CCCCC4)c4ccc1c2c43)C1C=CC=CC1. The quantitative estimate of drug-likeness (QED) is 0.142. The van der Waals surface area contributed by atoms with E-state index in [2.05, 4.69) is 181 Å². The highest BCUT2D eigenvalue weighted by molar-refractivity contribution is 6.29. The lowest BCUT2D eigenvalue weighted by Gasteiger charge is -2.39. The van der Waals surface area contributed by atoms with Gasteiger partial charge in [0.25, 0.3) is 0 Å². The number of hydrogen-bond donors (Lipinski definition) is 0. The van der Waals surface area contributed by atoms with Crippen LogP contribution in [0, 0.1) is 5.92 Å². The van der Waals surface area contributed by atoms with E-state index in [0.29, 0.717) is 11.8 Å². The molecule has 4 nitrogen and oxygen atoms in total. The third kappa shape index (κ3) is 6.54. The molecule has 8 aromatic carbocycles. The molecule has 2 atom stereocenters. The average molecular weight is 899 g/mol. The summed E-state index contributed by atoms with van der Waals surface area (Å²) in [5.41, 5.74) is 12.9. The van der Waals surface area contributed by atoms with Crippen LogP contribution in [0.3, 0.4) is 0 Å². The monoisotopic (exact) mass is 898 g/mol. The van der Waals surface area contributed by atoms with E-state index in [9.17, 15) is 0 Å². The maximum atomic E-state index is 7.03. The molecule has 4 aliphatic carbocycles. The van der Waals surface area contributed by atoms with E-state index in [-0.39, 0.29) is 12.0 Å². The second-order valence-corrected chi connectivity index (χ2v) is 20.7. The molecular formula is C65H58N2O2. The Kier molecular flexibility index (Phi) is 9.85. The van der Waals surface area contributed by atoms with Crippen LogP contribution in [0.4, 0.5) is 22.7 Å². The molecule has 0 radical (unpaired) electrons. The molecule has 0 N–H and O–H groups in total. The molecule has 2 fully saturated rings. The van der Waals surface area contributed by atoms with Gasteiger partial charge < -0.3 is 18.6 Å². The summed E-state index contributed by atoms with van der Waals surface area (Å²) < 4.78 is 13.9. The van der Waals surface area contributed by atoms with Gasteiger partial charge in [-0.2, -0.15) is 0 Å². The van der Waals surface area contributed by atoms with Crippen LogP contribution < -0.4 is 20.4 Å². The van der Waals surface area contributed by atoms with E-state index in [1.807, 2.05) is 0 Å². The van der Waals surface area contributed by atoms with Gasteiger partial charge in [0.2, 0.25) is 0 Å². The molecule has 14 rings (SSSR count).